The highest BCUT2D eigenvalue weighted by Crippen LogP contribution is 2.35. The van der Waals surface area contributed by atoms with Crippen LogP contribution in [0.25, 0.3) is 10.2 Å². The molecule has 1 amide bonds. The number of sulfonamides is 1. The van der Waals surface area contributed by atoms with Crippen LogP contribution in [0.3, 0.4) is 0 Å². The number of hydrogen-bond acceptors (Lipinski definition) is 7. The normalized spacial score (nSPS) is 17.0. The van der Waals surface area contributed by atoms with Crippen molar-refractivity contribution in [3.05, 3.63) is 48.0 Å². The molecular formula is C26H34N4O4S2. The number of piperidine rings is 1. The maximum atomic E-state index is 13.6. The van der Waals surface area contributed by atoms with Crippen molar-refractivity contribution in [3.8, 4) is 5.75 Å². The molecule has 1 atom stereocenters. The summed E-state index contributed by atoms with van der Waals surface area (Å²) in [7, 11) is 0.326. The van der Waals surface area contributed by atoms with Gasteiger partial charge in [0.2, 0.25) is 10.0 Å². The molecule has 0 spiro atoms. The van der Waals surface area contributed by atoms with E-state index in [9.17, 15) is 13.2 Å². The van der Waals surface area contributed by atoms with Crippen molar-refractivity contribution in [2.24, 2.45) is 5.92 Å². The minimum Gasteiger partial charge on any atom is -0.492 e. The average Bonchev–Trinajstić information content (AvgIpc) is 3.29. The van der Waals surface area contributed by atoms with Crippen molar-refractivity contribution in [2.45, 2.75) is 31.6 Å². The number of carbonyl (C=O) groups is 1. The molecular weight excluding hydrogens is 496 g/mol. The number of benzene rings is 2. The zero-order chi connectivity index (χ0) is 25.9. The molecule has 1 saturated heterocycles. The lowest BCUT2D eigenvalue weighted by molar-refractivity contribution is 0.0985. The van der Waals surface area contributed by atoms with Gasteiger partial charge in [0.05, 0.1) is 16.2 Å². The standard InChI is InChI=1S/C26H34N4O4S2/c1-5-34-22-9-6-10-23-24(22)27-26(35-23)30(17-16-28(3)4)25(31)20-11-13-21(14-12-20)36(32,33)29-15-7-8-19(2)18-29/h6,9-14,19H,5,7-8,15-18H2,1-4H3. The Hall–Kier alpha value is -2.53. The fourth-order valence-corrected chi connectivity index (χ4v) is 6.93. The van der Waals surface area contributed by atoms with Crippen molar-refractivity contribution in [1.29, 1.82) is 0 Å². The zero-order valence-electron chi connectivity index (χ0n) is 21.3. The minimum absolute atomic E-state index is 0.217. The van der Waals surface area contributed by atoms with Crippen molar-refractivity contribution >= 4 is 42.6 Å². The van der Waals surface area contributed by atoms with Crippen molar-refractivity contribution in [2.75, 3.05) is 51.8 Å². The molecule has 10 heteroatoms. The van der Waals surface area contributed by atoms with Crippen LogP contribution in [0.2, 0.25) is 0 Å². The van der Waals surface area contributed by atoms with E-state index in [1.165, 1.54) is 23.5 Å². The second-order valence-electron chi connectivity index (χ2n) is 9.43. The molecule has 1 aromatic heterocycles. The fourth-order valence-electron chi connectivity index (χ4n) is 4.32. The van der Waals surface area contributed by atoms with E-state index in [-0.39, 0.29) is 10.8 Å². The average molecular weight is 531 g/mol. The Balaban J connectivity index is 1.62. The van der Waals surface area contributed by atoms with Gasteiger partial charge in [0.25, 0.3) is 5.91 Å². The van der Waals surface area contributed by atoms with Gasteiger partial charge in [-0.25, -0.2) is 13.4 Å². The Morgan fingerprint density at radius 2 is 1.92 bits per heavy atom. The monoisotopic (exact) mass is 530 g/mol. The second-order valence-corrected chi connectivity index (χ2v) is 12.4. The molecule has 2 aromatic carbocycles. The molecule has 4 rings (SSSR count). The van der Waals surface area contributed by atoms with E-state index in [0.717, 1.165) is 23.1 Å². The SMILES string of the molecule is CCOc1cccc2sc(N(CCN(C)C)C(=O)c3ccc(S(=O)(=O)N4CCCC(C)C4)cc3)nc12. The van der Waals surface area contributed by atoms with Gasteiger partial charge in [-0.2, -0.15) is 4.31 Å². The number of aromatic nitrogens is 1. The fraction of sp³-hybridized carbons (Fsp3) is 0.462. The van der Waals surface area contributed by atoms with E-state index in [1.807, 2.05) is 44.1 Å². The van der Waals surface area contributed by atoms with Gasteiger partial charge in [-0.15, -0.1) is 0 Å². The van der Waals surface area contributed by atoms with E-state index in [2.05, 4.69) is 6.92 Å². The number of anilines is 1. The predicted octanol–water partition coefficient (Wildman–Crippen LogP) is 4.32. The summed E-state index contributed by atoms with van der Waals surface area (Å²) >= 11 is 1.44. The Bertz CT molecular complexity index is 1310. The highest BCUT2D eigenvalue weighted by Gasteiger charge is 2.29. The largest absolute Gasteiger partial charge is 0.492 e. The van der Waals surface area contributed by atoms with Crippen LogP contribution < -0.4 is 9.64 Å². The Kier molecular flexibility index (Phi) is 8.29. The number of nitrogens with zero attached hydrogens (tertiary/aromatic N) is 4. The van der Waals surface area contributed by atoms with Crippen LogP contribution in [0.4, 0.5) is 5.13 Å². The number of thiazole rings is 1. The molecule has 0 saturated carbocycles. The quantitative estimate of drug-likeness (QED) is 0.410. The lowest BCUT2D eigenvalue weighted by Gasteiger charge is -2.30. The first kappa shape index (κ1) is 26.5. The summed E-state index contributed by atoms with van der Waals surface area (Å²) < 4.78 is 34.5. The Morgan fingerprint density at radius 3 is 2.58 bits per heavy atom. The van der Waals surface area contributed by atoms with Gasteiger partial charge in [0.1, 0.15) is 11.3 Å². The van der Waals surface area contributed by atoms with Crippen molar-refractivity contribution < 1.29 is 17.9 Å². The van der Waals surface area contributed by atoms with Crippen LogP contribution in [0.5, 0.6) is 5.75 Å². The first-order chi connectivity index (χ1) is 17.2. The van der Waals surface area contributed by atoms with E-state index < -0.39 is 10.0 Å². The molecule has 194 valence electrons. The molecule has 0 radical (unpaired) electrons. The summed E-state index contributed by atoms with van der Waals surface area (Å²) in [6, 6.07) is 12.0. The number of carbonyl (C=O) groups excluding carboxylic acids is 1. The number of ether oxygens (including phenoxy) is 1. The third-order valence-electron chi connectivity index (χ3n) is 6.28. The second kappa shape index (κ2) is 11.2. The van der Waals surface area contributed by atoms with Gasteiger partial charge in [0, 0.05) is 31.7 Å². The zero-order valence-corrected chi connectivity index (χ0v) is 22.9. The maximum Gasteiger partial charge on any atom is 0.260 e. The number of fused-ring (bicyclic) bond motifs is 1. The summed E-state index contributed by atoms with van der Waals surface area (Å²) in [5.74, 6) is 0.820. The molecule has 8 nitrogen and oxygen atoms in total. The molecule has 3 aromatic rings. The topological polar surface area (TPSA) is 83.0 Å². The van der Waals surface area contributed by atoms with E-state index >= 15 is 0 Å². The van der Waals surface area contributed by atoms with Gasteiger partial charge in [0.15, 0.2) is 5.13 Å². The molecule has 1 fully saturated rings. The van der Waals surface area contributed by atoms with Gasteiger partial charge < -0.3 is 9.64 Å². The summed E-state index contributed by atoms with van der Waals surface area (Å²) in [6.07, 6.45) is 1.91. The highest BCUT2D eigenvalue weighted by atomic mass is 32.2. The predicted molar refractivity (Wildman–Crippen MR) is 145 cm³/mol. The summed E-state index contributed by atoms with van der Waals surface area (Å²) in [5.41, 5.74) is 1.16. The molecule has 1 unspecified atom stereocenters. The summed E-state index contributed by atoms with van der Waals surface area (Å²) in [5, 5.41) is 0.586. The minimum atomic E-state index is -3.58. The smallest absolute Gasteiger partial charge is 0.260 e. The molecule has 0 N–H and O–H groups in total. The van der Waals surface area contributed by atoms with Crippen LogP contribution in [-0.2, 0) is 10.0 Å². The third kappa shape index (κ3) is 5.72. The van der Waals surface area contributed by atoms with E-state index in [4.69, 9.17) is 9.72 Å². The van der Waals surface area contributed by atoms with Crippen molar-refractivity contribution in [1.82, 2.24) is 14.2 Å². The Labute approximate surface area is 217 Å². The van der Waals surface area contributed by atoms with Gasteiger partial charge in [-0.1, -0.05) is 24.3 Å². The van der Waals surface area contributed by atoms with Crippen molar-refractivity contribution in [3.63, 3.8) is 0 Å². The van der Waals surface area contributed by atoms with E-state index in [0.29, 0.717) is 55.1 Å². The van der Waals surface area contributed by atoms with Crippen LogP contribution in [0.1, 0.15) is 37.0 Å². The van der Waals surface area contributed by atoms with Crippen LogP contribution in [0, 0.1) is 5.92 Å². The van der Waals surface area contributed by atoms with Gasteiger partial charge in [-0.05, 0) is 76.2 Å². The van der Waals surface area contributed by atoms with E-state index in [1.54, 1.807) is 21.3 Å². The van der Waals surface area contributed by atoms with Gasteiger partial charge >= 0.3 is 0 Å². The molecule has 36 heavy (non-hydrogen) atoms. The molecule has 2 heterocycles. The number of para-hydroxylation sites is 1. The molecule has 0 aliphatic carbocycles. The van der Waals surface area contributed by atoms with Crippen LogP contribution in [0.15, 0.2) is 47.4 Å². The molecule has 1 aliphatic rings. The maximum absolute atomic E-state index is 13.6. The molecule has 0 bridgehead atoms. The first-order valence-electron chi connectivity index (χ1n) is 12.3. The molecule has 1 aliphatic heterocycles. The number of rotatable bonds is 9. The number of hydrogen-bond donors (Lipinski definition) is 0. The first-order valence-corrected chi connectivity index (χ1v) is 14.6. The number of amides is 1. The third-order valence-corrected chi connectivity index (χ3v) is 9.20. The lowest BCUT2D eigenvalue weighted by atomic mass is 10.0. The van der Waals surface area contributed by atoms with Crippen LogP contribution in [-0.4, -0.2) is 75.4 Å². The number of likely N-dealkylation sites (N-methyl/N-ethyl adjacent to an activating group) is 1. The summed E-state index contributed by atoms with van der Waals surface area (Å²) in [4.78, 5) is 22.3. The summed E-state index contributed by atoms with van der Waals surface area (Å²) in [6.45, 7) is 6.69. The lowest BCUT2D eigenvalue weighted by Crippen LogP contribution is -2.39. The van der Waals surface area contributed by atoms with Gasteiger partial charge in [-0.3, -0.25) is 9.69 Å². The van der Waals surface area contributed by atoms with Crippen LogP contribution >= 0.6 is 11.3 Å². The Morgan fingerprint density at radius 1 is 1.17 bits per heavy atom. The highest BCUT2D eigenvalue weighted by molar-refractivity contribution is 7.89.